The van der Waals surface area contributed by atoms with Crippen LogP contribution in [-0.2, 0) is 24.6 Å². The third kappa shape index (κ3) is 5.36. The molecule has 1 saturated carbocycles. The number of imide groups is 2. The first kappa shape index (κ1) is 35.8. The van der Waals surface area contributed by atoms with Gasteiger partial charge in [0.15, 0.2) is 11.5 Å². The summed E-state index contributed by atoms with van der Waals surface area (Å²) in [5.41, 5.74) is 2.87. The predicted octanol–water partition coefficient (Wildman–Crippen LogP) is 8.82. The van der Waals surface area contributed by atoms with Gasteiger partial charge in [0.2, 0.25) is 23.6 Å². The highest BCUT2D eigenvalue weighted by molar-refractivity contribution is 6.33. The number of nitrogens with zero attached hydrogens (tertiary/aromatic N) is 2. The number of anilines is 4. The minimum absolute atomic E-state index is 0.00230. The molecular formula is C45H35Cl2N3O6. The second-order valence-corrected chi connectivity index (χ2v) is 15.5. The van der Waals surface area contributed by atoms with E-state index in [2.05, 4.69) is 5.32 Å². The molecule has 5 aromatic carbocycles. The number of methoxy groups -OCH3 is 1. The Kier molecular flexibility index (Phi) is 8.75. The lowest BCUT2D eigenvalue weighted by molar-refractivity contribution is -0.127. The van der Waals surface area contributed by atoms with Crippen molar-refractivity contribution in [2.45, 2.75) is 24.2 Å². The van der Waals surface area contributed by atoms with Crippen molar-refractivity contribution in [3.63, 3.8) is 0 Å². The number of benzene rings is 5. The summed E-state index contributed by atoms with van der Waals surface area (Å²) < 4.78 is 5.56. The van der Waals surface area contributed by atoms with Crippen molar-refractivity contribution in [3.8, 4) is 11.5 Å². The topological polar surface area (TPSA) is 116 Å². The number of carbonyl (C=O) groups excluding carboxylic acids is 4. The van der Waals surface area contributed by atoms with E-state index in [1.54, 1.807) is 48.5 Å². The summed E-state index contributed by atoms with van der Waals surface area (Å²) in [4.78, 5) is 62.0. The van der Waals surface area contributed by atoms with E-state index in [-0.39, 0.29) is 41.2 Å². The first-order chi connectivity index (χ1) is 27.1. The molecule has 11 heteroatoms. The minimum atomic E-state index is -1.51. The molecule has 0 radical (unpaired) electrons. The SMILES string of the molecule is COc1cc([C@H]2C3=CC[C@@H]4C(=O)N(c5ccc(Nc6ccccc6)cc5)C(=O)[C@@H]4[C@@H]3C[C@H]3C(=O)N(c4cccc(Cl)c4)C(=O)[C@@]23c2ccccc2)cc(Cl)c1O. The summed E-state index contributed by atoms with van der Waals surface area (Å²) in [5.74, 6) is -5.56. The number of phenols is 1. The number of nitrogens with one attached hydrogen (secondary N) is 1. The van der Waals surface area contributed by atoms with Crippen LogP contribution in [0.3, 0.4) is 0 Å². The summed E-state index contributed by atoms with van der Waals surface area (Å²) in [7, 11) is 1.41. The van der Waals surface area contributed by atoms with Gasteiger partial charge in [-0.05, 0) is 96.6 Å². The first-order valence-electron chi connectivity index (χ1n) is 18.4. The Labute approximate surface area is 333 Å². The molecule has 4 amide bonds. The van der Waals surface area contributed by atoms with E-state index in [0.29, 0.717) is 27.5 Å². The molecule has 2 heterocycles. The Morgan fingerprint density at radius 2 is 1.43 bits per heavy atom. The number of fused-ring (bicyclic) bond motifs is 4. The normalized spacial score (nSPS) is 25.4. The van der Waals surface area contributed by atoms with Crippen LogP contribution in [0.5, 0.6) is 11.5 Å². The van der Waals surface area contributed by atoms with Crippen LogP contribution in [0.25, 0.3) is 0 Å². The van der Waals surface area contributed by atoms with Crippen molar-refractivity contribution in [1.29, 1.82) is 0 Å². The van der Waals surface area contributed by atoms with Gasteiger partial charge in [-0.25, -0.2) is 4.90 Å². The number of aromatic hydroxyl groups is 1. The average molecular weight is 785 g/mol. The standard InChI is InChI=1S/C45H35Cl2N3O6/c1-56-37-22-25(21-36(47)40(37)51)39-32-19-20-33-38(43(54)49(41(33)52)30-17-15-29(16-18-30)48-28-12-6-3-7-13-28)34(32)24-35-42(53)50(31-14-8-11-27(46)23-31)44(55)45(35,39)26-9-4-2-5-10-26/h2-19,21-23,33-35,38-39,48,51H,20,24H2,1H3/t33-,34+,35-,38-,39-,45+/m0/s1. The zero-order chi connectivity index (χ0) is 38.9. The van der Waals surface area contributed by atoms with Gasteiger partial charge in [0.1, 0.15) is 0 Å². The average Bonchev–Trinajstić information content (AvgIpc) is 3.60. The molecule has 0 aromatic heterocycles. The Balaban J connectivity index is 1.19. The molecule has 2 aliphatic carbocycles. The zero-order valence-electron chi connectivity index (χ0n) is 30.1. The van der Waals surface area contributed by atoms with E-state index in [1.165, 1.54) is 16.9 Å². The molecule has 6 atom stereocenters. The zero-order valence-corrected chi connectivity index (χ0v) is 31.6. The number of carbonyl (C=O) groups is 4. The van der Waals surface area contributed by atoms with Crippen molar-refractivity contribution in [3.05, 3.63) is 154 Å². The Bertz CT molecular complexity index is 2460. The monoisotopic (exact) mass is 783 g/mol. The molecule has 9 rings (SSSR count). The molecule has 9 nitrogen and oxygen atoms in total. The van der Waals surface area contributed by atoms with Gasteiger partial charge in [0.05, 0.1) is 46.7 Å². The summed E-state index contributed by atoms with van der Waals surface area (Å²) in [6, 6.07) is 35.9. The molecular weight excluding hydrogens is 749 g/mol. The van der Waals surface area contributed by atoms with Crippen LogP contribution in [0.2, 0.25) is 10.0 Å². The van der Waals surface area contributed by atoms with Crippen molar-refractivity contribution < 1.29 is 29.0 Å². The number of para-hydroxylation sites is 1. The molecule has 0 spiro atoms. The molecule has 0 unspecified atom stereocenters. The largest absolute Gasteiger partial charge is 0.503 e. The van der Waals surface area contributed by atoms with Crippen LogP contribution in [-0.4, -0.2) is 35.8 Å². The number of amides is 4. The lowest BCUT2D eigenvalue weighted by atomic mass is 9.49. The van der Waals surface area contributed by atoms with Crippen molar-refractivity contribution in [2.75, 3.05) is 22.2 Å². The van der Waals surface area contributed by atoms with Gasteiger partial charge in [0.25, 0.3) is 0 Å². The number of phenolic OH excluding ortho intramolecular Hbond substituents is 1. The molecule has 2 saturated heterocycles. The molecule has 5 aromatic rings. The van der Waals surface area contributed by atoms with Crippen LogP contribution in [0.1, 0.15) is 29.9 Å². The fraction of sp³-hybridized carbons (Fsp3) is 0.200. The van der Waals surface area contributed by atoms with Gasteiger partial charge in [0, 0.05) is 22.3 Å². The summed E-state index contributed by atoms with van der Waals surface area (Å²) >= 11 is 13.1. The maximum Gasteiger partial charge on any atom is 0.246 e. The third-order valence-corrected chi connectivity index (χ3v) is 12.5. The first-order valence-corrected chi connectivity index (χ1v) is 19.1. The van der Waals surface area contributed by atoms with Crippen molar-refractivity contribution in [2.24, 2.45) is 23.7 Å². The van der Waals surface area contributed by atoms with Crippen LogP contribution in [0.15, 0.2) is 133 Å². The van der Waals surface area contributed by atoms with Gasteiger partial charge in [-0.3, -0.25) is 24.1 Å². The van der Waals surface area contributed by atoms with E-state index in [1.807, 2.05) is 78.9 Å². The number of rotatable bonds is 7. The molecule has 56 heavy (non-hydrogen) atoms. The van der Waals surface area contributed by atoms with Gasteiger partial charge < -0.3 is 15.2 Å². The van der Waals surface area contributed by atoms with E-state index in [0.717, 1.165) is 16.9 Å². The Morgan fingerprint density at radius 1 is 0.732 bits per heavy atom. The fourth-order valence-corrected chi connectivity index (χ4v) is 10.1. The number of hydrogen-bond acceptors (Lipinski definition) is 7. The van der Waals surface area contributed by atoms with Crippen LogP contribution >= 0.6 is 23.2 Å². The Morgan fingerprint density at radius 3 is 2.12 bits per heavy atom. The maximum absolute atomic E-state index is 15.5. The van der Waals surface area contributed by atoms with E-state index >= 15 is 9.59 Å². The predicted molar refractivity (Wildman–Crippen MR) is 214 cm³/mol. The van der Waals surface area contributed by atoms with Crippen LogP contribution in [0, 0.1) is 23.7 Å². The van der Waals surface area contributed by atoms with Crippen LogP contribution < -0.4 is 19.9 Å². The number of halogens is 2. The fourth-order valence-electron chi connectivity index (χ4n) is 9.67. The number of allylic oxidation sites excluding steroid dienone is 2. The highest BCUT2D eigenvalue weighted by Gasteiger charge is 2.70. The summed E-state index contributed by atoms with van der Waals surface area (Å²) in [6.07, 6.45) is 2.36. The molecule has 3 fully saturated rings. The molecule has 2 N–H and O–H groups in total. The number of ether oxygens (including phenoxy) is 1. The van der Waals surface area contributed by atoms with E-state index in [4.69, 9.17) is 27.9 Å². The summed E-state index contributed by atoms with van der Waals surface area (Å²) in [5, 5.41) is 14.5. The Hall–Kier alpha value is -5.90. The van der Waals surface area contributed by atoms with Gasteiger partial charge in [-0.2, -0.15) is 0 Å². The lowest BCUT2D eigenvalue weighted by Crippen LogP contribution is -2.53. The van der Waals surface area contributed by atoms with E-state index in [9.17, 15) is 14.7 Å². The lowest BCUT2D eigenvalue weighted by Gasteiger charge is -2.50. The third-order valence-electron chi connectivity index (χ3n) is 12.0. The molecule has 4 aliphatic rings. The highest BCUT2D eigenvalue weighted by Crippen LogP contribution is 2.65. The van der Waals surface area contributed by atoms with Gasteiger partial charge in [-0.15, -0.1) is 0 Å². The van der Waals surface area contributed by atoms with Gasteiger partial charge in [-0.1, -0.05) is 89.4 Å². The summed E-state index contributed by atoms with van der Waals surface area (Å²) in [6.45, 7) is 0. The van der Waals surface area contributed by atoms with Gasteiger partial charge >= 0.3 is 0 Å². The van der Waals surface area contributed by atoms with E-state index < -0.39 is 46.8 Å². The second-order valence-electron chi connectivity index (χ2n) is 14.7. The minimum Gasteiger partial charge on any atom is -0.503 e. The molecule has 2 aliphatic heterocycles. The number of hydrogen-bond donors (Lipinski definition) is 2. The second kappa shape index (κ2) is 13.7. The molecule has 280 valence electrons. The maximum atomic E-state index is 15.5. The smallest absolute Gasteiger partial charge is 0.246 e. The molecule has 0 bridgehead atoms. The highest BCUT2D eigenvalue weighted by atomic mass is 35.5. The van der Waals surface area contributed by atoms with Crippen molar-refractivity contribution in [1.82, 2.24) is 0 Å². The van der Waals surface area contributed by atoms with Crippen molar-refractivity contribution >= 4 is 69.6 Å². The quantitative estimate of drug-likeness (QED) is 0.125. The van der Waals surface area contributed by atoms with Crippen LogP contribution in [0.4, 0.5) is 22.7 Å².